The van der Waals surface area contributed by atoms with Gasteiger partial charge in [-0.15, -0.1) is 12.4 Å². The summed E-state index contributed by atoms with van der Waals surface area (Å²) in [6, 6.07) is 8.33. The third-order valence-electron chi connectivity index (χ3n) is 7.10. The molecule has 2 aromatic heterocycles. The van der Waals surface area contributed by atoms with Crippen LogP contribution in [0, 0.1) is 6.92 Å². The Labute approximate surface area is 209 Å². The summed E-state index contributed by atoms with van der Waals surface area (Å²) in [5, 5.41) is 0.672. The molecule has 1 unspecified atom stereocenters. The van der Waals surface area contributed by atoms with E-state index >= 15 is 0 Å². The molecule has 3 aliphatic heterocycles. The van der Waals surface area contributed by atoms with Gasteiger partial charge in [0, 0.05) is 56.9 Å². The molecule has 0 N–H and O–H groups in total. The second-order valence-corrected chi connectivity index (χ2v) is 9.53. The van der Waals surface area contributed by atoms with Gasteiger partial charge in [-0.05, 0) is 38.3 Å². The van der Waals surface area contributed by atoms with Crippen molar-refractivity contribution in [2.24, 2.45) is 0 Å². The lowest BCUT2D eigenvalue weighted by molar-refractivity contribution is -0.129. The molecule has 3 aromatic rings. The number of piperazine rings is 1. The van der Waals surface area contributed by atoms with Gasteiger partial charge in [0.2, 0.25) is 5.91 Å². The van der Waals surface area contributed by atoms with Crippen LogP contribution in [0.3, 0.4) is 0 Å². The number of nitrogens with zero attached hydrogens (tertiary/aromatic N) is 6. The topological polar surface area (TPSA) is 76.4 Å². The molecule has 0 bridgehead atoms. The van der Waals surface area contributed by atoms with Crippen molar-refractivity contribution < 1.29 is 9.53 Å². The van der Waals surface area contributed by atoms with Crippen molar-refractivity contribution in [3.8, 4) is 11.4 Å². The van der Waals surface area contributed by atoms with Crippen molar-refractivity contribution in [2.45, 2.75) is 44.7 Å². The first-order valence-electron chi connectivity index (χ1n) is 11.7. The Kier molecular flexibility index (Phi) is 6.39. The molecule has 3 aliphatic rings. The highest BCUT2D eigenvalue weighted by atomic mass is 35.5. The number of fused-ring (bicyclic) bond motifs is 2. The Bertz CT molecular complexity index is 1230. The van der Waals surface area contributed by atoms with Gasteiger partial charge in [0.25, 0.3) is 0 Å². The van der Waals surface area contributed by atoms with E-state index < -0.39 is 0 Å². The van der Waals surface area contributed by atoms with Crippen molar-refractivity contribution in [3.63, 3.8) is 0 Å². The number of hydrogen-bond donors (Lipinski definition) is 0. The first kappa shape index (κ1) is 23.3. The van der Waals surface area contributed by atoms with Gasteiger partial charge in [0.15, 0.2) is 17.0 Å². The molecule has 3 fully saturated rings. The van der Waals surface area contributed by atoms with Crippen molar-refractivity contribution in [1.29, 1.82) is 0 Å². The lowest BCUT2D eigenvalue weighted by Crippen LogP contribution is -2.51. The summed E-state index contributed by atoms with van der Waals surface area (Å²) in [6.45, 7) is 5.64. The maximum absolute atomic E-state index is 12.2. The number of carbonyl (C=O) groups excluding carboxylic acids is 1. The largest absolute Gasteiger partial charge is 0.381 e. The van der Waals surface area contributed by atoms with Crippen LogP contribution in [0.2, 0.25) is 5.02 Å². The maximum Gasteiger partial charge on any atom is 0.223 e. The fraction of sp³-hybridized carbons (Fsp3) is 0.500. The number of halogens is 2. The Morgan fingerprint density at radius 3 is 2.62 bits per heavy atom. The van der Waals surface area contributed by atoms with E-state index in [1.165, 1.54) is 0 Å². The van der Waals surface area contributed by atoms with Crippen LogP contribution in [0.1, 0.15) is 37.5 Å². The second-order valence-electron chi connectivity index (χ2n) is 9.12. The maximum atomic E-state index is 12.2. The smallest absolute Gasteiger partial charge is 0.223 e. The number of amides is 1. The zero-order valence-corrected chi connectivity index (χ0v) is 20.7. The van der Waals surface area contributed by atoms with Crippen LogP contribution in [0.25, 0.3) is 22.6 Å². The van der Waals surface area contributed by atoms with E-state index in [2.05, 4.69) is 9.47 Å². The molecule has 1 atom stereocenters. The lowest BCUT2D eigenvalue weighted by Gasteiger charge is -2.38. The van der Waals surface area contributed by atoms with Crippen LogP contribution in [0.5, 0.6) is 0 Å². The molecule has 0 saturated carbocycles. The zero-order chi connectivity index (χ0) is 22.5. The van der Waals surface area contributed by atoms with Gasteiger partial charge in [0.1, 0.15) is 11.6 Å². The van der Waals surface area contributed by atoms with Crippen molar-refractivity contribution in [1.82, 2.24) is 24.4 Å². The van der Waals surface area contributed by atoms with E-state index in [1.54, 1.807) is 0 Å². The van der Waals surface area contributed by atoms with Gasteiger partial charge < -0.3 is 19.1 Å². The number of imidazole rings is 1. The summed E-state index contributed by atoms with van der Waals surface area (Å²) in [7, 11) is 0. The van der Waals surface area contributed by atoms with E-state index in [0.29, 0.717) is 11.4 Å². The SMILES string of the molecule is Cc1nc(N2CCN3C(=O)CCC3C2)c2nc(-c3ccccc3Cl)n(C3CCOCC3)c2n1.Cl. The van der Waals surface area contributed by atoms with Crippen LogP contribution in [0.15, 0.2) is 24.3 Å². The van der Waals surface area contributed by atoms with Crippen molar-refractivity contribution >= 4 is 46.9 Å². The summed E-state index contributed by atoms with van der Waals surface area (Å²) in [6.07, 6.45) is 3.37. The minimum atomic E-state index is 0. The Morgan fingerprint density at radius 2 is 1.82 bits per heavy atom. The third-order valence-corrected chi connectivity index (χ3v) is 7.43. The first-order chi connectivity index (χ1) is 16.1. The number of aromatic nitrogens is 4. The summed E-state index contributed by atoms with van der Waals surface area (Å²) in [5.74, 6) is 2.68. The van der Waals surface area contributed by atoms with Crippen LogP contribution in [0.4, 0.5) is 5.82 Å². The highest BCUT2D eigenvalue weighted by Gasteiger charge is 2.37. The summed E-state index contributed by atoms with van der Waals surface area (Å²) >= 11 is 6.63. The average molecular weight is 503 g/mol. The molecule has 8 nitrogen and oxygen atoms in total. The number of ether oxygens (including phenoxy) is 1. The van der Waals surface area contributed by atoms with Crippen LogP contribution in [-0.2, 0) is 9.53 Å². The monoisotopic (exact) mass is 502 g/mol. The molecular formula is C24H28Cl2N6O2. The molecule has 1 amide bonds. The van der Waals surface area contributed by atoms with E-state index in [0.717, 1.165) is 86.3 Å². The predicted octanol–water partition coefficient (Wildman–Crippen LogP) is 4.04. The minimum Gasteiger partial charge on any atom is -0.381 e. The summed E-state index contributed by atoms with van der Waals surface area (Å²) < 4.78 is 7.89. The van der Waals surface area contributed by atoms with Crippen LogP contribution < -0.4 is 4.90 Å². The first-order valence-corrected chi connectivity index (χ1v) is 12.1. The quantitative estimate of drug-likeness (QED) is 0.537. The number of carbonyl (C=O) groups is 1. The third kappa shape index (κ3) is 3.91. The summed E-state index contributed by atoms with van der Waals surface area (Å²) in [4.78, 5) is 31.3. The second kappa shape index (κ2) is 9.32. The van der Waals surface area contributed by atoms with Crippen LogP contribution in [-0.4, -0.2) is 69.2 Å². The van der Waals surface area contributed by atoms with Gasteiger partial charge in [-0.1, -0.05) is 23.7 Å². The molecule has 34 heavy (non-hydrogen) atoms. The molecule has 5 heterocycles. The molecule has 180 valence electrons. The van der Waals surface area contributed by atoms with Gasteiger partial charge in [-0.3, -0.25) is 4.79 Å². The molecule has 0 aliphatic carbocycles. The number of hydrogen-bond acceptors (Lipinski definition) is 6. The minimum absolute atomic E-state index is 0. The van der Waals surface area contributed by atoms with Gasteiger partial charge in [-0.25, -0.2) is 15.0 Å². The normalized spacial score (nSPS) is 21.1. The Balaban J connectivity index is 0.00000241. The Morgan fingerprint density at radius 1 is 1.03 bits per heavy atom. The standard InChI is InChI=1S/C24H27ClN6O2.ClH/c1-15-26-23(29-10-11-30-17(14-29)6-7-20(30)32)21-24(27-15)31(16-8-12-33-13-9-16)22(28-21)18-4-2-3-5-19(18)25;/h2-5,16-17H,6-14H2,1H3;1H. The fourth-order valence-corrected chi connectivity index (χ4v) is 5.68. The molecule has 1 aromatic carbocycles. The van der Waals surface area contributed by atoms with Crippen LogP contribution >= 0.6 is 24.0 Å². The molecule has 6 rings (SSSR count). The number of benzene rings is 1. The lowest BCUT2D eigenvalue weighted by atomic mass is 10.1. The summed E-state index contributed by atoms with van der Waals surface area (Å²) in [5.41, 5.74) is 2.56. The average Bonchev–Trinajstić information content (AvgIpc) is 3.39. The predicted molar refractivity (Wildman–Crippen MR) is 134 cm³/mol. The highest BCUT2D eigenvalue weighted by molar-refractivity contribution is 6.33. The van der Waals surface area contributed by atoms with Gasteiger partial charge in [0.05, 0.1) is 5.02 Å². The fourth-order valence-electron chi connectivity index (χ4n) is 5.46. The molecule has 0 radical (unpaired) electrons. The van der Waals surface area contributed by atoms with E-state index in [4.69, 9.17) is 31.3 Å². The highest BCUT2D eigenvalue weighted by Crippen LogP contribution is 2.38. The van der Waals surface area contributed by atoms with Gasteiger partial charge >= 0.3 is 0 Å². The molecular weight excluding hydrogens is 475 g/mol. The number of anilines is 1. The number of aryl methyl sites for hydroxylation is 1. The number of rotatable bonds is 3. The molecule has 0 spiro atoms. The molecule has 10 heteroatoms. The molecule has 3 saturated heterocycles. The Hall–Kier alpha value is -2.42. The van der Waals surface area contributed by atoms with E-state index in [-0.39, 0.29) is 30.4 Å². The van der Waals surface area contributed by atoms with Gasteiger partial charge in [-0.2, -0.15) is 0 Å². The zero-order valence-electron chi connectivity index (χ0n) is 19.1. The van der Waals surface area contributed by atoms with E-state index in [1.807, 2.05) is 36.1 Å². The van der Waals surface area contributed by atoms with E-state index in [9.17, 15) is 4.79 Å². The van der Waals surface area contributed by atoms with Crippen molar-refractivity contribution in [2.75, 3.05) is 37.7 Å². The van der Waals surface area contributed by atoms with Crippen molar-refractivity contribution in [3.05, 3.63) is 35.1 Å².